The van der Waals surface area contributed by atoms with Gasteiger partial charge >= 0.3 is 11.9 Å². The first-order valence-electron chi connectivity index (χ1n) is 14.1. The topological polar surface area (TPSA) is 126 Å². The Morgan fingerprint density at radius 2 is 1.65 bits per heavy atom. The summed E-state index contributed by atoms with van der Waals surface area (Å²) in [5, 5.41) is 9.11. The Morgan fingerprint density at radius 1 is 0.978 bits per heavy atom. The molecule has 5 rings (SSSR count). The number of carboxylic acids is 1. The normalized spacial score (nSPS) is 14.2. The fraction of sp³-hybridized carbons (Fsp3) is 0.212. The Bertz CT molecular complexity index is 2000. The molecule has 0 bridgehead atoms. The molecule has 0 spiro atoms. The number of aromatic nitrogens is 1. The van der Waals surface area contributed by atoms with Gasteiger partial charge in [-0.3, -0.25) is 9.36 Å². The number of benzene rings is 3. The first-order valence-corrected chi connectivity index (χ1v) is 16.5. The van der Waals surface area contributed by atoms with Crippen LogP contribution in [0.2, 0.25) is 0 Å². The quantitative estimate of drug-likeness (QED) is 0.195. The summed E-state index contributed by atoms with van der Waals surface area (Å²) in [6.07, 6.45) is 3.19. The van der Waals surface area contributed by atoms with E-state index in [0.29, 0.717) is 59.9 Å². The number of carbonyl (C=O) groups is 2. The fourth-order valence-corrected chi connectivity index (χ4v) is 7.26. The summed E-state index contributed by atoms with van der Waals surface area (Å²) in [5.41, 5.74) is 2.23. The molecule has 0 radical (unpaired) electrons. The second kappa shape index (κ2) is 14.5. The maximum Gasteiger partial charge on any atom is 0.337 e. The van der Waals surface area contributed by atoms with Crippen molar-refractivity contribution < 1.29 is 33.6 Å². The predicted molar refractivity (Wildman–Crippen MR) is 180 cm³/mol. The van der Waals surface area contributed by atoms with Crippen molar-refractivity contribution >= 4 is 61.2 Å². The zero-order chi connectivity index (χ0) is 33.0. The number of aromatic carboxylic acids is 1. The van der Waals surface area contributed by atoms with E-state index in [9.17, 15) is 14.4 Å². The molecular weight excluding hydrogens is 744 g/mol. The van der Waals surface area contributed by atoms with Crippen LogP contribution in [-0.2, 0) is 16.1 Å². The van der Waals surface area contributed by atoms with E-state index in [1.807, 2.05) is 26.0 Å². The van der Waals surface area contributed by atoms with E-state index in [4.69, 9.17) is 24.1 Å². The number of fused-ring (bicyclic) bond motifs is 1. The average molecular weight is 772 g/mol. The van der Waals surface area contributed by atoms with Crippen LogP contribution in [-0.4, -0.2) is 41.9 Å². The number of rotatable bonds is 11. The highest BCUT2D eigenvalue weighted by Gasteiger charge is 2.31. The lowest BCUT2D eigenvalue weighted by Gasteiger charge is -2.23. The molecule has 13 heteroatoms. The lowest BCUT2D eigenvalue weighted by atomic mass is 9.97. The summed E-state index contributed by atoms with van der Waals surface area (Å²) in [6.45, 7) is 4.81. The molecule has 1 aromatic heterocycles. The molecule has 10 nitrogen and oxygen atoms in total. The lowest BCUT2D eigenvalue weighted by molar-refractivity contribution is -0.136. The fourth-order valence-electron chi connectivity index (χ4n) is 4.84. The standard InChI is InChI=1S/C33H28Br2N2O8S/c1-4-43-25-11-10-21(15-26(25)44-5-2)28-22(32(41)42-3)16-36-33-37(28)30(38)27(46-33)14-19-12-23(34)29(24(35)13-19)45-17-18-6-8-20(9-7-18)31(39)40/h6-16,28H,4-5,17H2,1-3H3,(H,39,40)/b27-14-/t28-/m0/s1. The van der Waals surface area contributed by atoms with Gasteiger partial charge in [-0.25, -0.2) is 14.6 Å². The van der Waals surface area contributed by atoms with E-state index >= 15 is 0 Å². The van der Waals surface area contributed by atoms with Gasteiger partial charge in [-0.1, -0.05) is 29.5 Å². The molecule has 46 heavy (non-hydrogen) atoms. The number of hydrogen-bond donors (Lipinski definition) is 1. The summed E-state index contributed by atoms with van der Waals surface area (Å²) < 4.78 is 25.8. The van der Waals surface area contributed by atoms with Gasteiger partial charge in [-0.2, -0.15) is 0 Å². The van der Waals surface area contributed by atoms with Gasteiger partial charge in [0.15, 0.2) is 16.3 Å². The van der Waals surface area contributed by atoms with Crippen LogP contribution < -0.4 is 29.1 Å². The van der Waals surface area contributed by atoms with Crippen LogP contribution in [0, 0.1) is 0 Å². The molecular formula is C33H28Br2N2O8S. The summed E-state index contributed by atoms with van der Waals surface area (Å²) in [7, 11) is 1.29. The van der Waals surface area contributed by atoms with Crippen LogP contribution in [0.3, 0.4) is 0 Å². The smallest absolute Gasteiger partial charge is 0.337 e. The van der Waals surface area contributed by atoms with Crippen molar-refractivity contribution in [1.29, 1.82) is 0 Å². The largest absolute Gasteiger partial charge is 0.490 e. The Hall–Kier alpha value is -4.20. The van der Waals surface area contributed by atoms with Crippen LogP contribution >= 0.6 is 43.2 Å². The summed E-state index contributed by atoms with van der Waals surface area (Å²) in [6, 6.07) is 14.6. The number of carbonyl (C=O) groups excluding carboxylic acids is 1. The third-order valence-electron chi connectivity index (χ3n) is 6.91. The second-order valence-corrected chi connectivity index (χ2v) is 12.6. The molecule has 1 N–H and O–H groups in total. The van der Waals surface area contributed by atoms with Crippen molar-refractivity contribution in [1.82, 2.24) is 4.57 Å². The number of ether oxygens (including phenoxy) is 4. The third kappa shape index (κ3) is 6.96. The molecule has 0 unspecified atom stereocenters. The molecule has 0 saturated carbocycles. The molecule has 0 amide bonds. The molecule has 3 aromatic carbocycles. The molecule has 0 fully saturated rings. The van der Waals surface area contributed by atoms with Gasteiger partial charge in [0.2, 0.25) is 0 Å². The van der Waals surface area contributed by atoms with Gasteiger partial charge in [-0.05, 0) is 105 Å². The van der Waals surface area contributed by atoms with E-state index < -0.39 is 18.0 Å². The number of nitrogens with zero attached hydrogens (tertiary/aromatic N) is 2. The minimum absolute atomic E-state index is 0.198. The second-order valence-electron chi connectivity index (χ2n) is 9.85. The van der Waals surface area contributed by atoms with Crippen LogP contribution in [0.4, 0.5) is 0 Å². The Kier molecular flexibility index (Phi) is 10.4. The van der Waals surface area contributed by atoms with Crippen molar-refractivity contribution in [2.45, 2.75) is 26.5 Å². The van der Waals surface area contributed by atoms with Gasteiger partial charge in [0, 0.05) is 6.20 Å². The minimum atomic E-state index is -0.993. The zero-order valence-electron chi connectivity index (χ0n) is 24.9. The summed E-state index contributed by atoms with van der Waals surface area (Å²) in [4.78, 5) is 42.8. The molecule has 2 heterocycles. The van der Waals surface area contributed by atoms with Crippen LogP contribution in [0.25, 0.3) is 6.08 Å². The number of hydrogen-bond acceptors (Lipinski definition) is 9. The van der Waals surface area contributed by atoms with Crippen molar-refractivity contribution in [3.8, 4) is 17.2 Å². The van der Waals surface area contributed by atoms with E-state index in [-0.39, 0.29) is 23.3 Å². The SMILES string of the molecule is CCOc1ccc([C@H]2C(C(=O)OC)=CN=c3s/c(=C\c4cc(Br)c(OCc5ccc(C(=O)O)cc5)c(Br)c4)c(=O)n32)cc1OCC. The van der Waals surface area contributed by atoms with Crippen molar-refractivity contribution in [2.24, 2.45) is 4.99 Å². The van der Waals surface area contributed by atoms with Crippen LogP contribution in [0.1, 0.15) is 46.9 Å². The number of thiazole rings is 1. The van der Waals surface area contributed by atoms with Gasteiger partial charge < -0.3 is 24.1 Å². The van der Waals surface area contributed by atoms with E-state index in [1.54, 1.807) is 36.4 Å². The number of methoxy groups -OCH3 is 1. The number of carboxylic acid groups (broad SMARTS) is 1. The molecule has 1 aliphatic heterocycles. The first-order chi connectivity index (χ1) is 22.1. The molecule has 0 aliphatic carbocycles. The van der Waals surface area contributed by atoms with Crippen LogP contribution in [0.15, 0.2) is 85.1 Å². The van der Waals surface area contributed by atoms with Gasteiger partial charge in [0.25, 0.3) is 5.56 Å². The molecule has 1 atom stereocenters. The number of halogens is 2. The summed E-state index contributed by atoms with van der Waals surface area (Å²) in [5.74, 6) is 0.0101. The van der Waals surface area contributed by atoms with Gasteiger partial charge in [-0.15, -0.1) is 0 Å². The lowest BCUT2D eigenvalue weighted by Crippen LogP contribution is -2.39. The maximum atomic E-state index is 14.0. The Balaban J connectivity index is 1.51. The number of esters is 1. The van der Waals surface area contributed by atoms with Gasteiger partial charge in [0.1, 0.15) is 12.4 Å². The molecule has 1 aliphatic rings. The molecule has 0 saturated heterocycles. The zero-order valence-corrected chi connectivity index (χ0v) is 28.9. The van der Waals surface area contributed by atoms with E-state index in [2.05, 4.69) is 36.9 Å². The molecule has 4 aromatic rings. The highest BCUT2D eigenvalue weighted by Crippen LogP contribution is 2.37. The Labute approximate surface area is 284 Å². The van der Waals surface area contributed by atoms with E-state index in [0.717, 1.165) is 5.56 Å². The van der Waals surface area contributed by atoms with Crippen LogP contribution in [0.5, 0.6) is 17.2 Å². The predicted octanol–water partition coefficient (Wildman–Crippen LogP) is 5.62. The first kappa shape index (κ1) is 33.2. The van der Waals surface area contributed by atoms with Crippen molar-refractivity contribution in [2.75, 3.05) is 20.3 Å². The summed E-state index contributed by atoms with van der Waals surface area (Å²) >= 11 is 8.33. The Morgan fingerprint density at radius 3 is 2.28 bits per heavy atom. The monoisotopic (exact) mass is 770 g/mol. The highest BCUT2D eigenvalue weighted by molar-refractivity contribution is 9.11. The third-order valence-corrected chi connectivity index (χ3v) is 9.09. The highest BCUT2D eigenvalue weighted by atomic mass is 79.9. The minimum Gasteiger partial charge on any atom is -0.490 e. The van der Waals surface area contributed by atoms with Crippen molar-refractivity contribution in [3.05, 3.63) is 117 Å². The maximum absolute atomic E-state index is 14.0. The molecule has 238 valence electrons. The van der Waals surface area contributed by atoms with E-state index in [1.165, 1.54) is 41.3 Å². The average Bonchev–Trinajstić information content (AvgIpc) is 3.35. The van der Waals surface area contributed by atoms with Gasteiger partial charge in [0.05, 0.1) is 51.0 Å². The van der Waals surface area contributed by atoms with Crippen molar-refractivity contribution in [3.63, 3.8) is 0 Å².